The summed E-state index contributed by atoms with van der Waals surface area (Å²) in [7, 11) is 3.73. The number of aryl methyl sites for hydroxylation is 2. The van der Waals surface area contributed by atoms with Gasteiger partial charge in [0.15, 0.2) is 5.82 Å². The maximum atomic E-state index is 13.7. The number of aromatic nitrogens is 3. The quantitative estimate of drug-likeness (QED) is 0.241. The summed E-state index contributed by atoms with van der Waals surface area (Å²) >= 11 is 0. The van der Waals surface area contributed by atoms with Crippen molar-refractivity contribution in [2.75, 3.05) is 20.2 Å². The first-order valence-corrected chi connectivity index (χ1v) is 15.9. The van der Waals surface area contributed by atoms with Crippen molar-refractivity contribution in [3.8, 4) is 17.3 Å². The van der Waals surface area contributed by atoms with Crippen molar-refractivity contribution in [2.45, 2.75) is 76.4 Å². The van der Waals surface area contributed by atoms with Gasteiger partial charge in [-0.3, -0.25) is 4.79 Å². The van der Waals surface area contributed by atoms with E-state index in [1.54, 1.807) is 7.11 Å². The second-order valence-corrected chi connectivity index (χ2v) is 12.9. The number of carbonyl (C=O) groups excluding carboxylic acids is 1. The van der Waals surface area contributed by atoms with E-state index in [0.717, 1.165) is 67.9 Å². The lowest BCUT2D eigenvalue weighted by molar-refractivity contribution is 0.0700. The molecule has 7 rings (SSSR count). The van der Waals surface area contributed by atoms with Gasteiger partial charge >= 0.3 is 0 Å². The summed E-state index contributed by atoms with van der Waals surface area (Å²) in [6, 6.07) is 13.1. The van der Waals surface area contributed by atoms with Gasteiger partial charge in [-0.05, 0) is 87.1 Å². The summed E-state index contributed by atoms with van der Waals surface area (Å²) < 4.78 is 10.5. The predicted octanol–water partition coefficient (Wildman–Crippen LogP) is 5.24. The van der Waals surface area contributed by atoms with Crippen LogP contribution in [-0.4, -0.2) is 57.2 Å². The number of carbonyl (C=O) groups is 1. The van der Waals surface area contributed by atoms with Crippen LogP contribution in [0.3, 0.4) is 0 Å². The Morgan fingerprint density at radius 1 is 1.05 bits per heavy atom. The number of imidazole rings is 1. The molecular weight excluding hydrogens is 524 g/mol. The highest BCUT2D eigenvalue weighted by molar-refractivity contribution is 6.00. The first-order valence-electron chi connectivity index (χ1n) is 15.9. The highest BCUT2D eigenvalue weighted by atomic mass is 16.5. The molecule has 1 aliphatic heterocycles. The summed E-state index contributed by atoms with van der Waals surface area (Å²) in [6.07, 6.45) is 10.4. The number of unbranched alkanes of at least 4 members (excludes halogenated alkanes) is 3. The number of fused-ring (bicyclic) bond motifs is 4. The molecule has 2 saturated carbocycles. The van der Waals surface area contributed by atoms with Gasteiger partial charge in [-0.1, -0.05) is 31.0 Å². The Balaban J connectivity index is 1.28. The molecule has 2 bridgehead atoms. The molecule has 2 aromatic carbocycles. The smallest absolute Gasteiger partial charge is 0.254 e. The molecule has 1 amide bonds. The van der Waals surface area contributed by atoms with Gasteiger partial charge in [0.25, 0.3) is 5.91 Å². The third-order valence-electron chi connectivity index (χ3n) is 10.1. The number of methoxy groups -OCH3 is 1. The Morgan fingerprint density at radius 2 is 1.88 bits per heavy atom. The second kappa shape index (κ2) is 11.0. The first kappa shape index (κ1) is 27.5. The molecule has 42 heavy (non-hydrogen) atoms. The number of piperidine rings is 1. The summed E-state index contributed by atoms with van der Waals surface area (Å²) in [4.78, 5) is 20.9. The van der Waals surface area contributed by atoms with E-state index in [4.69, 9.17) is 21.2 Å². The van der Waals surface area contributed by atoms with Gasteiger partial charge in [-0.2, -0.15) is 0 Å². The number of hydrogen-bond acceptors (Lipinski definition) is 5. The molecule has 8 nitrogen and oxygen atoms in total. The van der Waals surface area contributed by atoms with Crippen LogP contribution in [0.1, 0.15) is 67.3 Å². The minimum atomic E-state index is 0.0315. The molecule has 2 aliphatic carbocycles. The van der Waals surface area contributed by atoms with Crippen LogP contribution in [0.2, 0.25) is 0 Å². The maximum Gasteiger partial charge on any atom is 0.254 e. The van der Waals surface area contributed by atoms with Gasteiger partial charge in [0, 0.05) is 43.2 Å². The average molecular weight is 569 g/mol. The molecule has 0 unspecified atom stereocenters. The molecule has 3 heterocycles. The zero-order valence-electron chi connectivity index (χ0n) is 25.0. The predicted molar refractivity (Wildman–Crippen MR) is 168 cm³/mol. The molecule has 4 aromatic rings. The lowest BCUT2D eigenvalue weighted by Gasteiger charge is -2.27. The van der Waals surface area contributed by atoms with Crippen LogP contribution < -0.4 is 16.2 Å². The van der Waals surface area contributed by atoms with Crippen LogP contribution in [0.15, 0.2) is 36.4 Å². The van der Waals surface area contributed by atoms with Crippen LogP contribution in [0, 0.1) is 11.8 Å². The van der Waals surface area contributed by atoms with Gasteiger partial charge in [-0.15, -0.1) is 0 Å². The van der Waals surface area contributed by atoms with E-state index in [1.807, 2.05) is 17.0 Å². The van der Waals surface area contributed by atoms with Gasteiger partial charge in [-0.25, -0.2) is 4.98 Å². The molecule has 222 valence electrons. The number of likely N-dealkylation sites (tertiary alicyclic amines) is 1. The van der Waals surface area contributed by atoms with Crippen molar-refractivity contribution in [3.63, 3.8) is 0 Å². The van der Waals surface area contributed by atoms with E-state index in [1.165, 1.54) is 48.6 Å². The van der Waals surface area contributed by atoms with Crippen molar-refractivity contribution >= 4 is 27.8 Å². The maximum absolute atomic E-state index is 13.7. The first-order chi connectivity index (χ1) is 20.5. The van der Waals surface area contributed by atoms with Gasteiger partial charge in [0.05, 0.1) is 23.8 Å². The van der Waals surface area contributed by atoms with Crippen LogP contribution in [0.5, 0.6) is 5.75 Å². The molecule has 4 N–H and O–H groups in total. The van der Waals surface area contributed by atoms with E-state index < -0.39 is 0 Å². The van der Waals surface area contributed by atoms with Crippen LogP contribution >= 0.6 is 0 Å². The fraction of sp³-hybridized carbons (Fsp3) is 0.529. The fourth-order valence-electron chi connectivity index (χ4n) is 7.62. The Bertz CT molecular complexity index is 1630. The van der Waals surface area contributed by atoms with E-state index >= 15 is 0 Å². The van der Waals surface area contributed by atoms with E-state index in [2.05, 4.69) is 40.4 Å². The van der Waals surface area contributed by atoms with Crippen molar-refractivity contribution in [2.24, 2.45) is 30.4 Å². The van der Waals surface area contributed by atoms with Crippen LogP contribution in [0.4, 0.5) is 0 Å². The normalized spacial score (nSPS) is 21.7. The summed E-state index contributed by atoms with van der Waals surface area (Å²) in [5.74, 6) is 2.74. The molecule has 0 radical (unpaired) electrons. The third-order valence-corrected chi connectivity index (χ3v) is 10.1. The summed E-state index contributed by atoms with van der Waals surface area (Å²) in [6.45, 7) is 2.52. The minimum absolute atomic E-state index is 0.0315. The molecule has 1 saturated heterocycles. The number of hydrogen-bond donors (Lipinski definition) is 2. The lowest BCUT2D eigenvalue weighted by Crippen LogP contribution is -2.41. The highest BCUT2D eigenvalue weighted by Gasteiger charge is 2.47. The van der Waals surface area contributed by atoms with E-state index in [0.29, 0.717) is 23.1 Å². The monoisotopic (exact) mass is 568 g/mol. The van der Waals surface area contributed by atoms with Crippen LogP contribution in [0.25, 0.3) is 33.5 Å². The van der Waals surface area contributed by atoms with Crippen molar-refractivity contribution in [3.05, 3.63) is 47.5 Å². The molecular formula is C34H44N6O2. The SMILES string of the molecule is COc1cc(C(=O)N2C[C@H]3CC[C@@H]2[C@@H]3N)cc2nc(-c3cc4cccc(CCCCCCN)c4n3CC3CC3)n(C)c12. The van der Waals surface area contributed by atoms with Gasteiger partial charge in [0.2, 0.25) is 0 Å². The largest absolute Gasteiger partial charge is 0.494 e. The lowest BCUT2D eigenvalue weighted by atomic mass is 10.0. The number of para-hydroxylation sites is 1. The standard InChI is InChI=1S/C34H44N6O2/c1-38-32-26(16-25(18-29(32)42-2)34(41)40-20-24-13-14-27(40)30(24)36)37-33(38)28-17-23-10-7-9-22(8-5-3-4-6-15-35)31(23)39(28)19-21-11-12-21/h7,9-10,16-18,21,24,27,30H,3-6,8,11-15,19-20,35-36H2,1-2H3/t24-,27-,30-/m1/s1. The molecule has 2 aromatic heterocycles. The Labute approximate surface area is 248 Å². The molecule has 3 atom stereocenters. The zero-order valence-corrected chi connectivity index (χ0v) is 25.0. The average Bonchev–Trinajstić information content (AvgIpc) is 3.38. The number of nitrogens with zero attached hydrogens (tertiary/aromatic N) is 4. The number of benzene rings is 2. The molecule has 0 spiro atoms. The van der Waals surface area contributed by atoms with Crippen LogP contribution in [-0.2, 0) is 20.0 Å². The van der Waals surface area contributed by atoms with E-state index in [-0.39, 0.29) is 18.0 Å². The van der Waals surface area contributed by atoms with Gasteiger partial charge < -0.3 is 30.2 Å². The number of amides is 1. The Kier molecular flexibility index (Phi) is 7.22. The fourth-order valence-corrected chi connectivity index (χ4v) is 7.62. The van der Waals surface area contributed by atoms with E-state index in [9.17, 15) is 4.79 Å². The third kappa shape index (κ3) is 4.69. The highest BCUT2D eigenvalue weighted by Crippen LogP contribution is 2.40. The van der Waals surface area contributed by atoms with Gasteiger partial charge in [0.1, 0.15) is 11.3 Å². The minimum Gasteiger partial charge on any atom is -0.494 e. The topological polar surface area (TPSA) is 104 Å². The van der Waals surface area contributed by atoms with Crippen molar-refractivity contribution in [1.82, 2.24) is 19.0 Å². The summed E-state index contributed by atoms with van der Waals surface area (Å²) in [5.41, 5.74) is 18.3. The number of nitrogens with two attached hydrogens (primary N) is 2. The molecule has 3 fully saturated rings. The Hall–Kier alpha value is -3.36. The molecule has 3 aliphatic rings. The molecule has 8 heteroatoms. The Morgan fingerprint density at radius 3 is 2.60 bits per heavy atom. The second-order valence-electron chi connectivity index (χ2n) is 12.9. The van der Waals surface area contributed by atoms with Crippen molar-refractivity contribution in [1.29, 1.82) is 0 Å². The number of rotatable bonds is 11. The number of ether oxygens (including phenoxy) is 1. The zero-order chi connectivity index (χ0) is 29.0. The van der Waals surface area contributed by atoms with Crippen molar-refractivity contribution < 1.29 is 9.53 Å². The summed E-state index contributed by atoms with van der Waals surface area (Å²) in [5, 5.41) is 1.26.